The Balaban J connectivity index is 1.99. The van der Waals surface area contributed by atoms with Crippen LogP contribution >= 0.6 is 0 Å². The number of likely N-dealkylation sites (tertiary alicyclic amines) is 1. The summed E-state index contributed by atoms with van der Waals surface area (Å²) in [5, 5.41) is 8.61. The maximum atomic E-state index is 12.5. The number of benzene rings is 1. The molecule has 1 aliphatic heterocycles. The van der Waals surface area contributed by atoms with Crippen molar-refractivity contribution in [1.29, 1.82) is 5.26 Å². The first-order valence-corrected chi connectivity index (χ1v) is 7.59. The lowest BCUT2D eigenvalue weighted by atomic mass is 10.1. The summed E-state index contributed by atoms with van der Waals surface area (Å²) in [5.74, 6) is -0.0649. The molecular weight excluding hydrogens is 278 g/mol. The second-order valence-electron chi connectivity index (χ2n) is 5.58. The number of amides is 2. The van der Waals surface area contributed by atoms with E-state index in [4.69, 9.17) is 5.26 Å². The summed E-state index contributed by atoms with van der Waals surface area (Å²) in [5.41, 5.74) is 0.962. The van der Waals surface area contributed by atoms with Gasteiger partial charge in [0.1, 0.15) is 6.04 Å². The van der Waals surface area contributed by atoms with Crippen LogP contribution in [0.1, 0.15) is 24.8 Å². The minimum atomic E-state index is -0.375. The van der Waals surface area contributed by atoms with E-state index < -0.39 is 0 Å². The average Bonchev–Trinajstić information content (AvgIpc) is 3.02. The van der Waals surface area contributed by atoms with Crippen LogP contribution in [-0.2, 0) is 16.0 Å². The highest BCUT2D eigenvalue weighted by Crippen LogP contribution is 2.20. The molecule has 1 aliphatic rings. The fourth-order valence-corrected chi connectivity index (χ4v) is 2.78. The molecule has 0 bridgehead atoms. The van der Waals surface area contributed by atoms with Crippen molar-refractivity contribution < 1.29 is 9.59 Å². The molecule has 1 fully saturated rings. The summed E-state index contributed by atoms with van der Waals surface area (Å²) >= 11 is 0. The lowest BCUT2D eigenvalue weighted by molar-refractivity contribution is -0.142. The lowest BCUT2D eigenvalue weighted by Crippen LogP contribution is -2.47. The van der Waals surface area contributed by atoms with Crippen LogP contribution in [0.3, 0.4) is 0 Å². The quantitative estimate of drug-likeness (QED) is 0.829. The Bertz CT molecular complexity index is 565. The van der Waals surface area contributed by atoms with E-state index in [9.17, 15) is 9.59 Å². The molecule has 0 spiro atoms. The average molecular weight is 299 g/mol. The molecular formula is C17H21N3O2. The van der Waals surface area contributed by atoms with E-state index >= 15 is 0 Å². The molecule has 0 unspecified atom stereocenters. The molecule has 2 rings (SSSR count). The first-order valence-electron chi connectivity index (χ1n) is 7.59. The minimum absolute atomic E-state index is 0.00395. The van der Waals surface area contributed by atoms with Gasteiger partial charge >= 0.3 is 0 Å². The highest BCUT2D eigenvalue weighted by atomic mass is 16.2. The second kappa shape index (κ2) is 7.60. The first-order chi connectivity index (χ1) is 10.6. The summed E-state index contributed by atoms with van der Waals surface area (Å²) in [6, 6.07) is 11.2. The van der Waals surface area contributed by atoms with E-state index in [1.54, 1.807) is 16.8 Å². The van der Waals surface area contributed by atoms with Crippen LogP contribution in [-0.4, -0.2) is 47.8 Å². The molecule has 0 radical (unpaired) electrons. The van der Waals surface area contributed by atoms with Gasteiger partial charge in [-0.25, -0.2) is 0 Å². The smallest absolute Gasteiger partial charge is 0.245 e. The molecule has 1 aromatic rings. The van der Waals surface area contributed by atoms with Gasteiger partial charge in [0.05, 0.1) is 18.9 Å². The Labute approximate surface area is 131 Å². The van der Waals surface area contributed by atoms with Gasteiger partial charge in [-0.3, -0.25) is 9.59 Å². The highest BCUT2D eigenvalue weighted by Gasteiger charge is 2.35. The molecule has 5 heteroatoms. The number of hydrogen-bond donors (Lipinski definition) is 0. The SMILES string of the molecule is CN(CCC#N)C(=O)[C@H]1CCCN1C(=O)Cc1ccccc1. The summed E-state index contributed by atoms with van der Waals surface area (Å²) in [6.45, 7) is 1.04. The van der Waals surface area contributed by atoms with Crippen molar-refractivity contribution in [2.75, 3.05) is 20.1 Å². The second-order valence-corrected chi connectivity index (χ2v) is 5.58. The van der Waals surface area contributed by atoms with Gasteiger partial charge < -0.3 is 9.80 Å². The molecule has 116 valence electrons. The third-order valence-corrected chi connectivity index (χ3v) is 3.99. The molecule has 1 aromatic carbocycles. The van der Waals surface area contributed by atoms with Crippen LogP contribution in [0.4, 0.5) is 0 Å². The van der Waals surface area contributed by atoms with Crippen LogP contribution in [0.5, 0.6) is 0 Å². The van der Waals surface area contributed by atoms with Crippen molar-refractivity contribution in [1.82, 2.24) is 9.80 Å². The summed E-state index contributed by atoms with van der Waals surface area (Å²) in [6.07, 6.45) is 2.19. The molecule has 2 amide bonds. The summed E-state index contributed by atoms with van der Waals surface area (Å²) < 4.78 is 0. The van der Waals surface area contributed by atoms with E-state index in [1.807, 2.05) is 36.4 Å². The van der Waals surface area contributed by atoms with Gasteiger partial charge in [0.25, 0.3) is 0 Å². The molecule has 1 atom stereocenters. The number of nitriles is 1. The van der Waals surface area contributed by atoms with Crippen LogP contribution in [0.2, 0.25) is 0 Å². The van der Waals surface area contributed by atoms with Gasteiger partial charge in [-0.05, 0) is 18.4 Å². The molecule has 22 heavy (non-hydrogen) atoms. The van der Waals surface area contributed by atoms with E-state index in [2.05, 4.69) is 0 Å². The number of hydrogen-bond acceptors (Lipinski definition) is 3. The van der Waals surface area contributed by atoms with E-state index in [1.165, 1.54) is 0 Å². The number of carbonyl (C=O) groups excluding carboxylic acids is 2. The molecule has 0 N–H and O–H groups in total. The van der Waals surface area contributed by atoms with E-state index in [-0.39, 0.29) is 17.9 Å². The maximum absolute atomic E-state index is 12.5. The molecule has 0 aliphatic carbocycles. The standard InChI is InChI=1S/C17H21N3O2/c1-19(11-6-10-18)17(22)15-9-5-12-20(15)16(21)13-14-7-3-2-4-8-14/h2-4,7-8,15H,5-6,9,11-13H2,1H3/t15-/m1/s1. The Morgan fingerprint density at radius 1 is 1.36 bits per heavy atom. The fourth-order valence-electron chi connectivity index (χ4n) is 2.78. The molecule has 5 nitrogen and oxygen atoms in total. The predicted octanol–water partition coefficient (Wildman–Crippen LogP) is 1.59. The third-order valence-electron chi connectivity index (χ3n) is 3.99. The number of nitrogens with zero attached hydrogens (tertiary/aromatic N) is 3. The Kier molecular flexibility index (Phi) is 5.54. The molecule has 0 saturated carbocycles. The Hall–Kier alpha value is -2.35. The first kappa shape index (κ1) is 16.0. The Morgan fingerprint density at radius 3 is 2.77 bits per heavy atom. The summed E-state index contributed by atoms with van der Waals surface area (Å²) in [4.78, 5) is 28.2. The third kappa shape index (κ3) is 3.85. The van der Waals surface area contributed by atoms with Gasteiger partial charge in [0.15, 0.2) is 0 Å². The van der Waals surface area contributed by atoms with Crippen molar-refractivity contribution in [3.05, 3.63) is 35.9 Å². The van der Waals surface area contributed by atoms with E-state index in [0.29, 0.717) is 32.4 Å². The fraction of sp³-hybridized carbons (Fsp3) is 0.471. The van der Waals surface area contributed by atoms with Gasteiger partial charge in [-0.1, -0.05) is 30.3 Å². The van der Waals surface area contributed by atoms with Crippen LogP contribution in [0, 0.1) is 11.3 Å². The van der Waals surface area contributed by atoms with Gasteiger partial charge in [0.2, 0.25) is 11.8 Å². The normalized spacial score (nSPS) is 17.1. The maximum Gasteiger partial charge on any atom is 0.245 e. The minimum Gasteiger partial charge on any atom is -0.343 e. The number of rotatable bonds is 5. The molecule has 0 aromatic heterocycles. The number of carbonyl (C=O) groups is 2. The van der Waals surface area contributed by atoms with Gasteiger partial charge in [0, 0.05) is 20.1 Å². The monoisotopic (exact) mass is 299 g/mol. The highest BCUT2D eigenvalue weighted by molar-refractivity contribution is 5.89. The zero-order chi connectivity index (χ0) is 15.9. The lowest BCUT2D eigenvalue weighted by Gasteiger charge is -2.27. The topological polar surface area (TPSA) is 64.4 Å². The summed E-state index contributed by atoms with van der Waals surface area (Å²) in [7, 11) is 1.69. The van der Waals surface area contributed by atoms with Gasteiger partial charge in [-0.2, -0.15) is 5.26 Å². The van der Waals surface area contributed by atoms with Crippen molar-refractivity contribution in [3.8, 4) is 6.07 Å². The molecule has 1 heterocycles. The van der Waals surface area contributed by atoms with Crippen LogP contribution in [0.15, 0.2) is 30.3 Å². The van der Waals surface area contributed by atoms with E-state index in [0.717, 1.165) is 12.0 Å². The zero-order valence-corrected chi connectivity index (χ0v) is 12.9. The van der Waals surface area contributed by atoms with Gasteiger partial charge in [-0.15, -0.1) is 0 Å². The van der Waals surface area contributed by atoms with Crippen molar-refractivity contribution >= 4 is 11.8 Å². The Morgan fingerprint density at radius 2 is 2.09 bits per heavy atom. The largest absolute Gasteiger partial charge is 0.343 e. The van der Waals surface area contributed by atoms with Crippen LogP contribution in [0.25, 0.3) is 0 Å². The van der Waals surface area contributed by atoms with Crippen LogP contribution < -0.4 is 0 Å². The zero-order valence-electron chi connectivity index (χ0n) is 12.9. The van der Waals surface area contributed by atoms with Crippen molar-refractivity contribution in [2.24, 2.45) is 0 Å². The molecule has 1 saturated heterocycles. The predicted molar refractivity (Wildman–Crippen MR) is 82.7 cm³/mol. The number of likely N-dealkylation sites (N-methyl/N-ethyl adjacent to an activating group) is 1. The van der Waals surface area contributed by atoms with Crippen molar-refractivity contribution in [3.63, 3.8) is 0 Å². The van der Waals surface area contributed by atoms with Crippen molar-refractivity contribution in [2.45, 2.75) is 31.7 Å².